The van der Waals surface area contributed by atoms with Gasteiger partial charge in [-0.2, -0.15) is 0 Å². The molecule has 0 aliphatic carbocycles. The second-order valence-corrected chi connectivity index (χ2v) is 3.67. The monoisotopic (exact) mass is 272 g/mol. The summed E-state index contributed by atoms with van der Waals surface area (Å²) < 4.78 is 44.7. The van der Waals surface area contributed by atoms with Crippen LogP contribution < -0.4 is 0 Å². The van der Waals surface area contributed by atoms with Gasteiger partial charge in [0.1, 0.15) is 0 Å². The van der Waals surface area contributed by atoms with E-state index in [0.29, 0.717) is 0 Å². The van der Waals surface area contributed by atoms with Gasteiger partial charge in [0.15, 0.2) is 0 Å². The summed E-state index contributed by atoms with van der Waals surface area (Å²) in [5, 5.41) is 0. The van der Waals surface area contributed by atoms with Crippen LogP contribution in [0.25, 0.3) is 11.3 Å². The summed E-state index contributed by atoms with van der Waals surface area (Å²) in [4.78, 5) is 0. The van der Waals surface area contributed by atoms with Gasteiger partial charge in [0, 0.05) is 12.1 Å². The lowest BCUT2D eigenvalue weighted by atomic mass is 10.1. The fraction of sp³-hybridized carbons (Fsp3) is 0.154. The lowest BCUT2D eigenvalue weighted by molar-refractivity contribution is 0.368. The molecule has 0 fully saturated rings. The average Bonchev–Trinajstić information content (AvgIpc) is 2.38. The highest BCUT2D eigenvalue weighted by Crippen LogP contribution is 2.19. The van der Waals surface area contributed by atoms with Crippen LogP contribution in [0.5, 0.6) is 0 Å². The molecule has 2 aromatic rings. The van der Waals surface area contributed by atoms with Crippen molar-refractivity contribution in [2.45, 2.75) is 13.3 Å². The van der Waals surface area contributed by atoms with Crippen LogP contribution in [0.15, 0.2) is 52.9 Å². The maximum absolute atomic E-state index is 9.75. The number of halogens is 4. The van der Waals surface area contributed by atoms with Crippen molar-refractivity contribution in [1.82, 2.24) is 0 Å². The van der Waals surface area contributed by atoms with Crippen molar-refractivity contribution in [2.24, 2.45) is 0 Å². The molecular weight excluding hydrogens is 259 g/mol. The van der Waals surface area contributed by atoms with Crippen LogP contribution in [0.2, 0.25) is 0 Å². The molecule has 0 saturated carbocycles. The van der Waals surface area contributed by atoms with E-state index in [1.807, 2.05) is 36.4 Å². The van der Waals surface area contributed by atoms with Gasteiger partial charge in [0.2, 0.25) is 0 Å². The van der Waals surface area contributed by atoms with Crippen LogP contribution in [-0.2, 0) is 6.42 Å². The highest BCUT2D eigenvalue weighted by Gasteiger charge is 2.20. The molecule has 19 heavy (non-hydrogen) atoms. The maximum Gasteiger partial charge on any atom is 0.673 e. The molecule has 2 rings (SSSR count). The number of hydrogen-bond donors (Lipinski definition) is 0. The Kier molecular flexibility index (Phi) is 5.54. The second-order valence-electron chi connectivity index (χ2n) is 3.67. The van der Waals surface area contributed by atoms with Crippen LogP contribution in [0, 0.1) is 0 Å². The van der Waals surface area contributed by atoms with E-state index in [0.717, 1.165) is 23.5 Å². The summed E-state index contributed by atoms with van der Waals surface area (Å²) in [5.74, 6) is 1.95. The number of rotatable bonds is 2. The Morgan fingerprint density at radius 2 is 1.47 bits per heavy atom. The van der Waals surface area contributed by atoms with Crippen molar-refractivity contribution in [2.75, 3.05) is 0 Å². The minimum atomic E-state index is -6.00. The fourth-order valence-corrected chi connectivity index (χ4v) is 1.40. The lowest BCUT2D eigenvalue weighted by Crippen LogP contribution is -2.02. The molecule has 0 aliphatic rings. The Morgan fingerprint density at radius 1 is 0.895 bits per heavy atom. The van der Waals surface area contributed by atoms with E-state index in [9.17, 15) is 17.3 Å². The number of hydrogen-bond acceptors (Lipinski definition) is 0. The van der Waals surface area contributed by atoms with E-state index in [2.05, 4.69) is 19.1 Å². The number of aryl methyl sites for hydroxylation is 1. The zero-order valence-electron chi connectivity index (χ0n) is 10.3. The molecule has 0 atom stereocenters. The molecule has 6 heteroatoms. The van der Waals surface area contributed by atoms with E-state index in [1.165, 1.54) is 0 Å². The van der Waals surface area contributed by atoms with E-state index >= 15 is 0 Å². The highest BCUT2D eigenvalue weighted by molar-refractivity contribution is 6.50. The maximum atomic E-state index is 9.75. The van der Waals surface area contributed by atoms with Crippen molar-refractivity contribution in [3.63, 3.8) is 0 Å². The summed E-state index contributed by atoms with van der Waals surface area (Å²) in [6.45, 7) is 2.09. The van der Waals surface area contributed by atoms with Gasteiger partial charge in [-0.05, 0) is 18.2 Å². The first-order valence-corrected chi connectivity index (χ1v) is 5.75. The van der Waals surface area contributed by atoms with Gasteiger partial charge < -0.3 is 17.3 Å². The molecule has 1 aromatic heterocycles. The molecule has 0 unspecified atom stereocenters. The lowest BCUT2D eigenvalue weighted by Gasteiger charge is -1.94. The zero-order valence-corrected chi connectivity index (χ0v) is 10.3. The average molecular weight is 272 g/mol. The molecule has 0 radical (unpaired) electrons. The van der Waals surface area contributed by atoms with E-state index in [1.54, 1.807) is 0 Å². The quantitative estimate of drug-likeness (QED) is 0.421. The Morgan fingerprint density at radius 3 is 2.00 bits per heavy atom. The smallest absolute Gasteiger partial charge is 0.418 e. The molecule has 0 N–H and O–H groups in total. The third kappa shape index (κ3) is 6.59. The molecular formula is C13H13BF4O. The van der Waals surface area contributed by atoms with Crippen LogP contribution in [0.4, 0.5) is 17.3 Å². The third-order valence-electron chi connectivity index (χ3n) is 2.18. The first-order chi connectivity index (χ1) is 8.90. The van der Waals surface area contributed by atoms with Crippen molar-refractivity contribution in [1.29, 1.82) is 0 Å². The predicted octanol–water partition coefficient (Wildman–Crippen LogP) is 5.09. The summed E-state index contributed by atoms with van der Waals surface area (Å²) >= 11 is 0. The Labute approximate surface area is 109 Å². The van der Waals surface area contributed by atoms with Crippen LogP contribution in [-0.4, -0.2) is 7.25 Å². The van der Waals surface area contributed by atoms with Gasteiger partial charge in [-0.3, -0.25) is 0 Å². The molecule has 1 aromatic carbocycles. The van der Waals surface area contributed by atoms with E-state index in [4.69, 9.17) is 4.42 Å². The normalized spacial score (nSPS) is 10.6. The topological polar surface area (TPSA) is 11.3 Å². The first kappa shape index (κ1) is 15.2. The number of benzene rings is 1. The first-order valence-electron chi connectivity index (χ1n) is 5.75. The van der Waals surface area contributed by atoms with Gasteiger partial charge in [-0.15, -0.1) is 0 Å². The SMILES string of the molecule is CCc1cccc(-c2ccccc2)[o+]1.F[B-](F)(F)F. The van der Waals surface area contributed by atoms with Crippen molar-refractivity contribution in [3.05, 3.63) is 54.3 Å². The van der Waals surface area contributed by atoms with Crippen LogP contribution >= 0.6 is 0 Å². The molecule has 0 amide bonds. The van der Waals surface area contributed by atoms with Gasteiger partial charge in [-0.1, -0.05) is 25.1 Å². The van der Waals surface area contributed by atoms with E-state index < -0.39 is 7.25 Å². The Hall–Kier alpha value is -1.85. The van der Waals surface area contributed by atoms with Crippen molar-refractivity contribution < 1.29 is 21.7 Å². The fourth-order valence-electron chi connectivity index (χ4n) is 1.40. The minimum absolute atomic E-state index is 0.931. The molecule has 1 nitrogen and oxygen atoms in total. The molecule has 0 aliphatic heterocycles. The Balaban J connectivity index is 0.000000312. The largest absolute Gasteiger partial charge is 0.673 e. The van der Waals surface area contributed by atoms with Crippen LogP contribution in [0.1, 0.15) is 12.7 Å². The summed E-state index contributed by atoms with van der Waals surface area (Å²) in [6.07, 6.45) is 0.931. The van der Waals surface area contributed by atoms with Crippen molar-refractivity contribution in [3.8, 4) is 11.3 Å². The molecule has 102 valence electrons. The summed E-state index contributed by atoms with van der Waals surface area (Å²) in [7, 11) is -6.00. The summed E-state index contributed by atoms with van der Waals surface area (Å²) in [5.41, 5.74) is 1.13. The van der Waals surface area contributed by atoms with Crippen LogP contribution in [0.3, 0.4) is 0 Å². The standard InChI is InChI=1S/C13H13O.BF4/c1-2-12-9-6-10-13(14-12)11-7-4-3-5-8-11;2-1(3,4)5/h3-10H,2H2,1H3;/q+1;-1. The predicted molar refractivity (Wildman–Crippen MR) is 68.1 cm³/mol. The summed E-state index contributed by atoms with van der Waals surface area (Å²) in [6, 6.07) is 16.2. The minimum Gasteiger partial charge on any atom is -0.418 e. The second kappa shape index (κ2) is 6.92. The zero-order chi connectivity index (χ0) is 14.3. The van der Waals surface area contributed by atoms with Gasteiger partial charge >= 0.3 is 18.8 Å². The van der Waals surface area contributed by atoms with Gasteiger partial charge in [0.25, 0.3) is 0 Å². The molecule has 0 spiro atoms. The molecule has 1 heterocycles. The molecule has 0 saturated heterocycles. The Bertz CT molecular complexity index is 493. The van der Waals surface area contributed by atoms with E-state index in [-0.39, 0.29) is 0 Å². The highest BCUT2D eigenvalue weighted by atomic mass is 19.5. The third-order valence-corrected chi connectivity index (χ3v) is 2.18. The van der Waals surface area contributed by atoms with Gasteiger partial charge in [0.05, 0.1) is 12.0 Å². The molecule has 0 bridgehead atoms. The van der Waals surface area contributed by atoms with Crippen molar-refractivity contribution >= 4 is 7.25 Å². The van der Waals surface area contributed by atoms with Gasteiger partial charge in [-0.25, -0.2) is 4.42 Å².